The molecule has 22 heavy (non-hydrogen) atoms. The summed E-state index contributed by atoms with van der Waals surface area (Å²) in [5, 5.41) is 10.7. The summed E-state index contributed by atoms with van der Waals surface area (Å²) in [6, 6.07) is 2.18. The van der Waals surface area contributed by atoms with E-state index in [2.05, 4.69) is 0 Å². The van der Waals surface area contributed by atoms with Crippen molar-refractivity contribution in [3.63, 3.8) is 0 Å². The molecule has 1 atom stereocenters. The highest BCUT2D eigenvalue weighted by Crippen LogP contribution is 2.37. The zero-order chi connectivity index (χ0) is 16.7. The number of nitrogens with two attached hydrogens (primary N) is 1. The van der Waals surface area contributed by atoms with Crippen LogP contribution < -0.4 is 10.6 Å². The molecule has 1 aliphatic heterocycles. The molecule has 0 spiro atoms. The van der Waals surface area contributed by atoms with Gasteiger partial charge in [0.15, 0.2) is 0 Å². The summed E-state index contributed by atoms with van der Waals surface area (Å²) in [4.78, 5) is 23.2. The molecule has 8 nitrogen and oxygen atoms in total. The quantitative estimate of drug-likeness (QED) is 0.379. The zero-order valence-corrected chi connectivity index (χ0v) is 12.6. The van der Waals surface area contributed by atoms with Crippen LogP contribution in [0, 0.1) is 16.0 Å². The lowest BCUT2D eigenvalue weighted by atomic mass is 10.1. The van der Waals surface area contributed by atoms with Gasteiger partial charge in [0.05, 0.1) is 22.1 Å². The zero-order valence-electron chi connectivity index (χ0n) is 11.0. The van der Waals surface area contributed by atoms with Gasteiger partial charge in [0.2, 0.25) is 5.91 Å². The van der Waals surface area contributed by atoms with Gasteiger partial charge in [-0.25, -0.2) is 0 Å². The maximum Gasteiger partial charge on any atom is 0.302 e. The Labute approximate surface area is 130 Å². The summed E-state index contributed by atoms with van der Waals surface area (Å²) in [6.45, 7) is -0.0923. The normalized spacial score (nSPS) is 18.7. The SMILES string of the molecule is Nc1cc(Cl)c([N+](=O)[O-])cc1N1CC(CS(=O)(=O)F)CC1=O. The van der Waals surface area contributed by atoms with Crippen LogP contribution >= 0.6 is 11.6 Å². The summed E-state index contributed by atoms with van der Waals surface area (Å²) in [5.74, 6) is -2.02. The van der Waals surface area contributed by atoms with Crippen LogP contribution in [-0.4, -0.2) is 31.5 Å². The first kappa shape index (κ1) is 16.4. The van der Waals surface area contributed by atoms with Gasteiger partial charge in [-0.3, -0.25) is 14.9 Å². The summed E-state index contributed by atoms with van der Waals surface area (Å²) in [5.41, 5.74) is 5.37. The van der Waals surface area contributed by atoms with Crippen LogP contribution in [0.1, 0.15) is 6.42 Å². The summed E-state index contributed by atoms with van der Waals surface area (Å²) < 4.78 is 34.0. The summed E-state index contributed by atoms with van der Waals surface area (Å²) >= 11 is 5.70. The van der Waals surface area contributed by atoms with E-state index in [4.69, 9.17) is 17.3 Å². The summed E-state index contributed by atoms with van der Waals surface area (Å²) in [7, 11) is -4.71. The number of benzene rings is 1. The molecule has 120 valence electrons. The molecule has 0 saturated carbocycles. The number of rotatable bonds is 4. The fraction of sp³-hybridized carbons (Fsp3) is 0.364. The predicted molar refractivity (Wildman–Crippen MR) is 77.9 cm³/mol. The van der Waals surface area contributed by atoms with Gasteiger partial charge in [-0.2, -0.15) is 8.42 Å². The van der Waals surface area contributed by atoms with Gasteiger partial charge in [0.25, 0.3) is 5.69 Å². The van der Waals surface area contributed by atoms with E-state index in [0.717, 1.165) is 17.0 Å². The maximum atomic E-state index is 12.7. The van der Waals surface area contributed by atoms with E-state index in [1.54, 1.807) is 0 Å². The number of carbonyl (C=O) groups excluding carboxylic acids is 1. The van der Waals surface area contributed by atoms with Crippen LogP contribution in [0.4, 0.5) is 20.9 Å². The van der Waals surface area contributed by atoms with E-state index in [9.17, 15) is 27.2 Å². The third-order valence-electron chi connectivity index (χ3n) is 3.22. The Morgan fingerprint density at radius 2 is 2.14 bits per heavy atom. The molecule has 1 heterocycles. The molecule has 0 aliphatic carbocycles. The van der Waals surface area contributed by atoms with Crippen molar-refractivity contribution in [1.82, 2.24) is 0 Å². The highest BCUT2D eigenvalue weighted by molar-refractivity contribution is 7.86. The second-order valence-electron chi connectivity index (χ2n) is 4.90. The Hall–Kier alpha value is -1.94. The molecule has 1 aromatic carbocycles. The molecule has 1 fully saturated rings. The molecule has 1 amide bonds. The molecule has 2 rings (SSSR count). The number of halogens is 2. The van der Waals surface area contributed by atoms with E-state index < -0.39 is 38.4 Å². The van der Waals surface area contributed by atoms with Crippen LogP contribution in [0.15, 0.2) is 12.1 Å². The number of nitrogens with zero attached hydrogens (tertiary/aromatic N) is 2. The number of amides is 1. The summed E-state index contributed by atoms with van der Waals surface area (Å²) in [6.07, 6.45) is -0.182. The third kappa shape index (κ3) is 3.45. The molecule has 0 radical (unpaired) electrons. The molecule has 11 heteroatoms. The van der Waals surface area contributed by atoms with Crippen molar-refractivity contribution < 1.29 is 22.0 Å². The van der Waals surface area contributed by atoms with E-state index in [1.165, 1.54) is 0 Å². The van der Waals surface area contributed by atoms with Crippen LogP contribution in [-0.2, 0) is 15.0 Å². The second-order valence-corrected chi connectivity index (χ2v) is 6.72. The number of nitrogen functional groups attached to an aromatic ring is 1. The van der Waals surface area contributed by atoms with Crippen molar-refractivity contribution in [2.45, 2.75) is 6.42 Å². The van der Waals surface area contributed by atoms with Crippen molar-refractivity contribution in [3.05, 3.63) is 27.3 Å². The highest BCUT2D eigenvalue weighted by Gasteiger charge is 2.35. The molecular formula is C11H11ClFN3O5S. The number of carbonyl (C=O) groups is 1. The van der Waals surface area contributed by atoms with Crippen molar-refractivity contribution in [1.29, 1.82) is 0 Å². The van der Waals surface area contributed by atoms with Gasteiger partial charge in [-0.15, -0.1) is 3.89 Å². The first-order valence-corrected chi connectivity index (χ1v) is 7.97. The van der Waals surface area contributed by atoms with Gasteiger partial charge < -0.3 is 10.6 Å². The largest absolute Gasteiger partial charge is 0.397 e. The monoisotopic (exact) mass is 351 g/mol. The lowest BCUT2D eigenvalue weighted by Gasteiger charge is -2.18. The number of nitro benzene ring substituents is 1. The number of hydrogen-bond donors (Lipinski definition) is 1. The fourth-order valence-corrected chi connectivity index (χ4v) is 3.37. The van der Waals surface area contributed by atoms with Crippen molar-refractivity contribution in [2.24, 2.45) is 5.92 Å². The van der Waals surface area contributed by atoms with Crippen LogP contribution in [0.3, 0.4) is 0 Å². The number of hydrogen-bond acceptors (Lipinski definition) is 6. The Balaban J connectivity index is 2.34. The Bertz CT molecular complexity index is 754. The average Bonchev–Trinajstić information content (AvgIpc) is 2.67. The molecule has 1 aliphatic rings. The van der Waals surface area contributed by atoms with Crippen LogP contribution in [0.2, 0.25) is 5.02 Å². The molecule has 0 bridgehead atoms. The van der Waals surface area contributed by atoms with Crippen molar-refractivity contribution >= 4 is 44.8 Å². The first-order valence-electron chi connectivity index (χ1n) is 6.04. The molecule has 1 unspecified atom stereocenters. The van der Waals surface area contributed by atoms with Crippen molar-refractivity contribution in [3.8, 4) is 0 Å². The predicted octanol–water partition coefficient (Wildman–Crippen LogP) is 1.48. The number of nitro groups is 1. The van der Waals surface area contributed by atoms with Gasteiger partial charge in [0, 0.05) is 24.9 Å². The minimum Gasteiger partial charge on any atom is -0.397 e. The van der Waals surface area contributed by atoms with Crippen LogP contribution in [0.25, 0.3) is 0 Å². The van der Waals surface area contributed by atoms with E-state index >= 15 is 0 Å². The van der Waals surface area contributed by atoms with Crippen LogP contribution in [0.5, 0.6) is 0 Å². The van der Waals surface area contributed by atoms with Gasteiger partial charge in [-0.05, 0) is 6.07 Å². The molecule has 2 N–H and O–H groups in total. The smallest absolute Gasteiger partial charge is 0.302 e. The Morgan fingerprint density at radius 3 is 2.68 bits per heavy atom. The number of anilines is 2. The minimum atomic E-state index is -4.71. The first-order chi connectivity index (χ1) is 10.1. The van der Waals surface area contributed by atoms with Gasteiger partial charge in [0.1, 0.15) is 5.02 Å². The van der Waals surface area contributed by atoms with E-state index in [1.807, 2.05) is 0 Å². The highest BCUT2D eigenvalue weighted by atomic mass is 35.5. The van der Waals surface area contributed by atoms with E-state index in [0.29, 0.717) is 0 Å². The standard InChI is InChI=1S/C11H11ClFN3O5S/c12-7-2-8(14)10(3-9(7)16(18)19)15-4-6(1-11(15)17)5-22(13,20)21/h2-3,6H,1,4-5,14H2. The minimum absolute atomic E-state index is 0.0349. The lowest BCUT2D eigenvalue weighted by Crippen LogP contribution is -2.26. The Morgan fingerprint density at radius 1 is 1.50 bits per heavy atom. The van der Waals surface area contributed by atoms with Gasteiger partial charge >= 0.3 is 10.2 Å². The Kier molecular flexibility index (Phi) is 4.25. The third-order valence-corrected chi connectivity index (χ3v) is 4.40. The molecule has 0 aromatic heterocycles. The average molecular weight is 352 g/mol. The van der Waals surface area contributed by atoms with Gasteiger partial charge in [-0.1, -0.05) is 11.6 Å². The second kappa shape index (κ2) is 5.69. The molecular weight excluding hydrogens is 341 g/mol. The van der Waals surface area contributed by atoms with E-state index in [-0.39, 0.29) is 29.4 Å². The fourth-order valence-electron chi connectivity index (χ4n) is 2.35. The topological polar surface area (TPSA) is 124 Å². The maximum absolute atomic E-state index is 12.7. The molecule has 1 saturated heterocycles. The lowest BCUT2D eigenvalue weighted by molar-refractivity contribution is -0.384. The molecule has 1 aromatic rings. The van der Waals surface area contributed by atoms with Crippen molar-refractivity contribution in [2.75, 3.05) is 22.9 Å².